The fourth-order valence-electron chi connectivity index (χ4n) is 3.85. The molecule has 1 aromatic carbocycles. The number of rotatable bonds is 6. The highest BCUT2D eigenvalue weighted by atomic mass is 16.2. The molecule has 6 heteroatoms. The Labute approximate surface area is 155 Å². The number of carbonyl (C=O) groups is 2. The van der Waals surface area contributed by atoms with Crippen LogP contribution in [0, 0.1) is 5.92 Å². The van der Waals surface area contributed by atoms with Gasteiger partial charge in [-0.2, -0.15) is 0 Å². The summed E-state index contributed by atoms with van der Waals surface area (Å²) in [4.78, 5) is 26.9. The van der Waals surface area contributed by atoms with Crippen molar-refractivity contribution in [3.63, 3.8) is 0 Å². The predicted octanol–water partition coefficient (Wildman–Crippen LogP) is 1.97. The molecule has 0 radical (unpaired) electrons. The topological polar surface area (TPSA) is 87.5 Å². The van der Waals surface area contributed by atoms with E-state index in [9.17, 15) is 9.59 Å². The van der Waals surface area contributed by atoms with E-state index in [0.717, 1.165) is 51.0 Å². The zero-order valence-electron chi connectivity index (χ0n) is 15.4. The monoisotopic (exact) mass is 358 g/mol. The number of nitrogens with one attached hydrogen (secondary N) is 2. The summed E-state index contributed by atoms with van der Waals surface area (Å²) in [5.41, 5.74) is 7.30. The highest BCUT2D eigenvalue weighted by molar-refractivity contribution is 5.96. The van der Waals surface area contributed by atoms with Crippen LogP contribution in [0.15, 0.2) is 24.3 Å². The van der Waals surface area contributed by atoms with Gasteiger partial charge in [0.25, 0.3) is 5.91 Å². The molecule has 0 spiro atoms. The van der Waals surface area contributed by atoms with Crippen LogP contribution in [0.4, 0.5) is 5.69 Å². The van der Waals surface area contributed by atoms with Gasteiger partial charge in [0, 0.05) is 36.3 Å². The van der Waals surface area contributed by atoms with Crippen molar-refractivity contribution >= 4 is 17.5 Å². The van der Waals surface area contributed by atoms with Gasteiger partial charge in [-0.15, -0.1) is 0 Å². The van der Waals surface area contributed by atoms with Crippen molar-refractivity contribution in [1.82, 2.24) is 10.2 Å². The molecule has 2 unspecified atom stereocenters. The molecule has 26 heavy (non-hydrogen) atoms. The molecule has 1 saturated carbocycles. The molecule has 6 nitrogen and oxygen atoms in total. The lowest BCUT2D eigenvalue weighted by atomic mass is 9.85. The number of anilines is 1. The van der Waals surface area contributed by atoms with Crippen LogP contribution in [0.2, 0.25) is 0 Å². The number of carbonyl (C=O) groups excluding carboxylic acids is 2. The summed E-state index contributed by atoms with van der Waals surface area (Å²) in [5, 5.41) is 5.91. The van der Waals surface area contributed by atoms with E-state index in [-0.39, 0.29) is 23.8 Å². The first-order valence-electron chi connectivity index (χ1n) is 9.79. The van der Waals surface area contributed by atoms with Gasteiger partial charge in [0.15, 0.2) is 0 Å². The van der Waals surface area contributed by atoms with Gasteiger partial charge in [0.05, 0.1) is 0 Å². The van der Waals surface area contributed by atoms with Crippen molar-refractivity contribution in [2.75, 3.05) is 31.5 Å². The zero-order chi connectivity index (χ0) is 18.4. The van der Waals surface area contributed by atoms with Crippen molar-refractivity contribution < 1.29 is 9.59 Å². The van der Waals surface area contributed by atoms with E-state index in [1.165, 1.54) is 12.8 Å². The van der Waals surface area contributed by atoms with Gasteiger partial charge in [-0.3, -0.25) is 9.59 Å². The summed E-state index contributed by atoms with van der Waals surface area (Å²) in [6.45, 7) is 3.84. The minimum atomic E-state index is -0.0691. The van der Waals surface area contributed by atoms with E-state index in [2.05, 4.69) is 15.5 Å². The molecule has 1 aliphatic heterocycles. The summed E-state index contributed by atoms with van der Waals surface area (Å²) in [6, 6.07) is 7.22. The molecule has 1 heterocycles. The Morgan fingerprint density at radius 2 is 1.81 bits per heavy atom. The van der Waals surface area contributed by atoms with Gasteiger partial charge in [-0.25, -0.2) is 0 Å². The Kier molecular flexibility index (Phi) is 6.63. The van der Waals surface area contributed by atoms with Crippen LogP contribution in [0.3, 0.4) is 0 Å². The third-order valence-electron chi connectivity index (χ3n) is 5.41. The predicted molar refractivity (Wildman–Crippen MR) is 103 cm³/mol. The number of nitrogens with two attached hydrogens (primary N) is 1. The lowest BCUT2D eigenvalue weighted by molar-refractivity contribution is -0.120. The highest BCUT2D eigenvalue weighted by Crippen LogP contribution is 2.24. The van der Waals surface area contributed by atoms with Crippen molar-refractivity contribution in [3.8, 4) is 0 Å². The molecular formula is C20H30N4O2. The molecule has 142 valence electrons. The number of likely N-dealkylation sites (tertiary alicyclic amines) is 1. The summed E-state index contributed by atoms with van der Waals surface area (Å²) in [7, 11) is 0. The van der Waals surface area contributed by atoms with E-state index in [0.29, 0.717) is 12.1 Å². The molecule has 1 aliphatic carbocycles. The Balaban J connectivity index is 1.44. The van der Waals surface area contributed by atoms with Crippen LogP contribution < -0.4 is 16.4 Å². The fourth-order valence-corrected chi connectivity index (χ4v) is 3.85. The average Bonchev–Trinajstić information content (AvgIpc) is 3.15. The lowest BCUT2D eigenvalue weighted by Gasteiger charge is -2.25. The molecular weight excluding hydrogens is 328 g/mol. The molecule has 2 amide bonds. The normalized spacial score (nSPS) is 23.6. The number of nitrogens with zero attached hydrogens (tertiary/aromatic N) is 1. The van der Waals surface area contributed by atoms with E-state index in [4.69, 9.17) is 5.73 Å². The van der Waals surface area contributed by atoms with Gasteiger partial charge < -0.3 is 21.3 Å². The smallest absolute Gasteiger partial charge is 0.251 e. The third-order valence-corrected chi connectivity index (χ3v) is 5.41. The van der Waals surface area contributed by atoms with Crippen LogP contribution in [-0.2, 0) is 4.79 Å². The zero-order valence-corrected chi connectivity index (χ0v) is 15.4. The summed E-state index contributed by atoms with van der Waals surface area (Å²) in [6.07, 6.45) is 6.18. The third kappa shape index (κ3) is 5.29. The van der Waals surface area contributed by atoms with Crippen LogP contribution in [-0.4, -0.2) is 48.9 Å². The molecule has 1 aromatic rings. The van der Waals surface area contributed by atoms with Crippen molar-refractivity contribution in [1.29, 1.82) is 0 Å². The molecule has 1 saturated heterocycles. The fraction of sp³-hybridized carbons (Fsp3) is 0.600. The minimum absolute atomic E-state index is 0.00712. The first-order chi connectivity index (χ1) is 12.6. The molecule has 3 rings (SSSR count). The summed E-state index contributed by atoms with van der Waals surface area (Å²) < 4.78 is 0. The summed E-state index contributed by atoms with van der Waals surface area (Å²) in [5.74, 6) is -0.0457. The molecule has 4 N–H and O–H groups in total. The molecule has 0 bridgehead atoms. The van der Waals surface area contributed by atoms with Gasteiger partial charge >= 0.3 is 0 Å². The molecule has 2 aliphatic rings. The van der Waals surface area contributed by atoms with Crippen LogP contribution in [0.25, 0.3) is 0 Å². The van der Waals surface area contributed by atoms with Crippen molar-refractivity contribution in [3.05, 3.63) is 29.8 Å². The minimum Gasteiger partial charge on any atom is -0.351 e. The Hall–Kier alpha value is -1.92. The highest BCUT2D eigenvalue weighted by Gasteiger charge is 2.25. The van der Waals surface area contributed by atoms with Gasteiger partial charge in [0.1, 0.15) is 0 Å². The first kappa shape index (κ1) is 18.9. The van der Waals surface area contributed by atoms with Crippen molar-refractivity contribution in [2.24, 2.45) is 11.7 Å². The second-order valence-electron chi connectivity index (χ2n) is 7.49. The second kappa shape index (κ2) is 9.14. The number of hydrogen-bond donors (Lipinski definition) is 3. The maximum Gasteiger partial charge on any atom is 0.251 e. The van der Waals surface area contributed by atoms with E-state index >= 15 is 0 Å². The average molecular weight is 358 g/mol. The Morgan fingerprint density at radius 1 is 1.08 bits per heavy atom. The Bertz CT molecular complexity index is 611. The second-order valence-corrected chi connectivity index (χ2v) is 7.49. The quantitative estimate of drug-likeness (QED) is 0.725. The number of benzene rings is 1. The van der Waals surface area contributed by atoms with Crippen LogP contribution >= 0.6 is 0 Å². The molecule has 2 atom stereocenters. The lowest BCUT2D eigenvalue weighted by Crippen LogP contribution is -2.34. The maximum absolute atomic E-state index is 12.3. The summed E-state index contributed by atoms with van der Waals surface area (Å²) >= 11 is 0. The standard InChI is InChI=1S/C20H30N4O2/c21-17-5-3-4-16(14-17)20(26)23-18-8-6-15(7-9-18)19(25)22-10-13-24-11-1-2-12-24/h6-9,16-17H,1-5,10-14,21H2,(H,22,25)(H,23,26). The van der Waals surface area contributed by atoms with Crippen molar-refractivity contribution in [2.45, 2.75) is 44.6 Å². The van der Waals surface area contributed by atoms with Gasteiger partial charge in [0.2, 0.25) is 5.91 Å². The van der Waals surface area contributed by atoms with Gasteiger partial charge in [-0.05, 0) is 69.5 Å². The van der Waals surface area contributed by atoms with E-state index in [1.807, 2.05) is 0 Å². The van der Waals surface area contributed by atoms with E-state index in [1.54, 1.807) is 24.3 Å². The van der Waals surface area contributed by atoms with E-state index < -0.39 is 0 Å². The van der Waals surface area contributed by atoms with Crippen LogP contribution in [0.5, 0.6) is 0 Å². The SMILES string of the molecule is NC1CCCC(C(=O)Nc2ccc(C(=O)NCCN3CCCC3)cc2)C1. The van der Waals surface area contributed by atoms with Crippen LogP contribution in [0.1, 0.15) is 48.9 Å². The Morgan fingerprint density at radius 3 is 2.50 bits per heavy atom. The largest absolute Gasteiger partial charge is 0.351 e. The first-order valence-corrected chi connectivity index (χ1v) is 9.79. The molecule has 2 fully saturated rings. The molecule has 0 aromatic heterocycles. The van der Waals surface area contributed by atoms with Gasteiger partial charge in [-0.1, -0.05) is 6.42 Å². The maximum atomic E-state index is 12.3. The number of amides is 2. The number of hydrogen-bond acceptors (Lipinski definition) is 4.